The van der Waals surface area contributed by atoms with Crippen molar-refractivity contribution in [3.05, 3.63) is 22.4 Å². The Morgan fingerprint density at radius 2 is 2.10 bits per heavy atom. The minimum Gasteiger partial charge on any atom is -0.317 e. The fourth-order valence-corrected chi connectivity index (χ4v) is 4.82. The maximum atomic E-state index is 13.0. The lowest BCUT2D eigenvalue weighted by Crippen LogP contribution is -2.44. The number of nitrogens with zero attached hydrogens (tertiary/aromatic N) is 1. The van der Waals surface area contributed by atoms with Crippen LogP contribution in [0.3, 0.4) is 0 Å². The van der Waals surface area contributed by atoms with E-state index in [1.165, 1.54) is 11.3 Å². The zero-order valence-electron chi connectivity index (χ0n) is 12.8. The van der Waals surface area contributed by atoms with Gasteiger partial charge in [-0.05, 0) is 55.4 Å². The van der Waals surface area contributed by atoms with Crippen molar-refractivity contribution in [2.45, 2.75) is 63.7 Å². The Hall–Kier alpha value is -0.870. The quantitative estimate of drug-likeness (QED) is 0.906. The number of rotatable bonds is 2. The number of nitrogens with one attached hydrogen (secondary N) is 1. The van der Waals surface area contributed by atoms with Gasteiger partial charge in [0.15, 0.2) is 0 Å². The van der Waals surface area contributed by atoms with E-state index in [1.54, 1.807) is 11.3 Å². The molecule has 1 saturated heterocycles. The van der Waals surface area contributed by atoms with E-state index in [0.717, 1.165) is 37.5 Å². The highest BCUT2D eigenvalue weighted by Gasteiger charge is 2.60. The molecule has 4 heteroatoms. The Morgan fingerprint density at radius 1 is 1.29 bits per heavy atom. The third-order valence-corrected chi connectivity index (χ3v) is 6.79. The molecular formula is C17H24N2OS. The van der Waals surface area contributed by atoms with Crippen molar-refractivity contribution in [2.75, 3.05) is 0 Å². The van der Waals surface area contributed by atoms with Crippen molar-refractivity contribution >= 4 is 17.2 Å². The minimum atomic E-state index is -0.207. The van der Waals surface area contributed by atoms with Crippen LogP contribution in [0.4, 0.5) is 0 Å². The van der Waals surface area contributed by atoms with Crippen molar-refractivity contribution in [3.63, 3.8) is 0 Å². The summed E-state index contributed by atoms with van der Waals surface area (Å²) in [5.41, 5.74) is -0.207. The zero-order chi connectivity index (χ0) is 14.6. The van der Waals surface area contributed by atoms with Gasteiger partial charge in [-0.2, -0.15) is 0 Å². The van der Waals surface area contributed by atoms with Gasteiger partial charge in [-0.1, -0.05) is 19.9 Å². The van der Waals surface area contributed by atoms with Crippen LogP contribution in [-0.2, 0) is 4.79 Å². The second-order valence-electron chi connectivity index (χ2n) is 7.28. The van der Waals surface area contributed by atoms with E-state index in [-0.39, 0.29) is 11.7 Å². The van der Waals surface area contributed by atoms with Crippen molar-refractivity contribution < 1.29 is 4.79 Å². The molecule has 3 fully saturated rings. The van der Waals surface area contributed by atoms with Crippen LogP contribution in [0.1, 0.15) is 57.0 Å². The normalized spacial score (nSPS) is 38.2. The summed E-state index contributed by atoms with van der Waals surface area (Å²) in [6.07, 6.45) is 5.72. The van der Waals surface area contributed by atoms with Crippen LogP contribution < -0.4 is 5.32 Å². The van der Waals surface area contributed by atoms with Crippen LogP contribution in [0, 0.1) is 11.8 Å². The topological polar surface area (TPSA) is 32.3 Å². The van der Waals surface area contributed by atoms with Crippen LogP contribution in [0.2, 0.25) is 0 Å². The molecule has 0 bridgehead atoms. The van der Waals surface area contributed by atoms with Gasteiger partial charge >= 0.3 is 0 Å². The Labute approximate surface area is 130 Å². The zero-order valence-corrected chi connectivity index (χ0v) is 13.7. The number of amides is 1. The predicted molar refractivity (Wildman–Crippen MR) is 85.0 cm³/mol. The molecule has 4 unspecified atom stereocenters. The molecule has 4 atom stereocenters. The van der Waals surface area contributed by atoms with Gasteiger partial charge in [-0.15, -0.1) is 11.3 Å². The molecule has 0 radical (unpaired) electrons. The second kappa shape index (κ2) is 4.82. The van der Waals surface area contributed by atoms with Crippen molar-refractivity contribution in [1.29, 1.82) is 0 Å². The van der Waals surface area contributed by atoms with E-state index in [9.17, 15) is 4.79 Å². The van der Waals surface area contributed by atoms with E-state index < -0.39 is 0 Å². The molecule has 2 saturated carbocycles. The first-order chi connectivity index (χ1) is 10.1. The first-order valence-electron chi connectivity index (χ1n) is 8.24. The highest BCUT2D eigenvalue weighted by molar-refractivity contribution is 7.10. The number of hydrogen-bond acceptors (Lipinski definition) is 3. The van der Waals surface area contributed by atoms with E-state index in [2.05, 4.69) is 41.6 Å². The largest absolute Gasteiger partial charge is 0.317 e. The molecular weight excluding hydrogens is 280 g/mol. The Bertz CT molecular complexity index is 537. The highest BCUT2D eigenvalue weighted by Crippen LogP contribution is 2.49. The van der Waals surface area contributed by atoms with Crippen LogP contribution in [0.25, 0.3) is 0 Å². The lowest BCUT2D eigenvalue weighted by atomic mass is 9.78. The summed E-state index contributed by atoms with van der Waals surface area (Å²) in [4.78, 5) is 16.5. The molecule has 1 spiro atoms. The van der Waals surface area contributed by atoms with E-state index >= 15 is 0 Å². The summed E-state index contributed by atoms with van der Waals surface area (Å²) in [5.74, 6) is 1.88. The number of carbonyl (C=O) groups is 1. The minimum absolute atomic E-state index is 0.116. The standard InChI is InChI=1S/C17H24N2OS/c1-11-5-6-13(10-12(11)2)19-15(14-4-3-9-21-14)18-17(7-8-17)16(19)20/h3-4,9,11-13,15,18H,5-8,10H2,1-2H3. The first kappa shape index (κ1) is 13.8. The third-order valence-electron chi connectivity index (χ3n) is 5.86. The molecule has 4 rings (SSSR count). The third kappa shape index (κ3) is 2.15. The SMILES string of the molecule is CC1CCC(N2C(=O)C3(CC3)NC2c2cccs2)CC1C. The van der Waals surface area contributed by atoms with Crippen LogP contribution in [0.15, 0.2) is 17.5 Å². The van der Waals surface area contributed by atoms with Gasteiger partial charge < -0.3 is 4.90 Å². The average molecular weight is 304 g/mol. The predicted octanol–water partition coefficient (Wildman–Crippen LogP) is 3.54. The molecule has 114 valence electrons. The lowest BCUT2D eigenvalue weighted by Gasteiger charge is -2.39. The number of carbonyl (C=O) groups excluding carboxylic acids is 1. The summed E-state index contributed by atoms with van der Waals surface area (Å²) >= 11 is 1.76. The molecule has 3 aliphatic rings. The molecule has 1 amide bonds. The van der Waals surface area contributed by atoms with Gasteiger partial charge in [0, 0.05) is 10.9 Å². The maximum absolute atomic E-state index is 13.0. The van der Waals surface area contributed by atoms with E-state index in [1.807, 2.05) is 0 Å². The summed E-state index contributed by atoms with van der Waals surface area (Å²) < 4.78 is 0. The monoisotopic (exact) mass is 304 g/mol. The van der Waals surface area contributed by atoms with Gasteiger partial charge in [0.05, 0.1) is 0 Å². The van der Waals surface area contributed by atoms with Gasteiger partial charge in [0.25, 0.3) is 0 Å². The summed E-state index contributed by atoms with van der Waals surface area (Å²) in [6.45, 7) is 4.70. The smallest absolute Gasteiger partial charge is 0.244 e. The average Bonchev–Trinajstić information content (AvgIpc) is 2.94. The van der Waals surface area contributed by atoms with Crippen molar-refractivity contribution in [1.82, 2.24) is 10.2 Å². The molecule has 1 aromatic rings. The fraction of sp³-hybridized carbons (Fsp3) is 0.706. The fourth-order valence-electron chi connectivity index (χ4n) is 4.04. The molecule has 3 nitrogen and oxygen atoms in total. The molecule has 2 aliphatic carbocycles. The summed E-state index contributed by atoms with van der Waals surface area (Å²) in [7, 11) is 0. The maximum Gasteiger partial charge on any atom is 0.244 e. The number of hydrogen-bond donors (Lipinski definition) is 1. The van der Waals surface area contributed by atoms with E-state index in [0.29, 0.717) is 11.9 Å². The molecule has 2 heterocycles. The van der Waals surface area contributed by atoms with Crippen LogP contribution in [0.5, 0.6) is 0 Å². The van der Waals surface area contributed by atoms with Gasteiger partial charge in [-0.3, -0.25) is 10.1 Å². The van der Waals surface area contributed by atoms with Crippen LogP contribution in [-0.4, -0.2) is 22.4 Å². The number of thiophene rings is 1. The van der Waals surface area contributed by atoms with Gasteiger partial charge in [0.2, 0.25) is 5.91 Å². The van der Waals surface area contributed by atoms with E-state index in [4.69, 9.17) is 0 Å². The summed E-state index contributed by atoms with van der Waals surface area (Å²) in [6, 6.07) is 4.68. The first-order valence-corrected chi connectivity index (χ1v) is 9.12. The van der Waals surface area contributed by atoms with Gasteiger partial charge in [-0.25, -0.2) is 0 Å². The summed E-state index contributed by atoms with van der Waals surface area (Å²) in [5, 5.41) is 5.77. The Balaban J connectivity index is 1.62. The molecule has 1 aromatic heterocycles. The molecule has 0 aromatic carbocycles. The van der Waals surface area contributed by atoms with Crippen molar-refractivity contribution in [2.24, 2.45) is 11.8 Å². The second-order valence-corrected chi connectivity index (χ2v) is 8.26. The highest BCUT2D eigenvalue weighted by atomic mass is 32.1. The van der Waals surface area contributed by atoms with Gasteiger partial charge in [0.1, 0.15) is 11.7 Å². The Kier molecular flexibility index (Phi) is 3.16. The molecule has 21 heavy (non-hydrogen) atoms. The van der Waals surface area contributed by atoms with Crippen LogP contribution >= 0.6 is 11.3 Å². The molecule has 1 aliphatic heterocycles. The van der Waals surface area contributed by atoms with Crippen molar-refractivity contribution in [3.8, 4) is 0 Å². The Morgan fingerprint density at radius 3 is 2.71 bits per heavy atom. The molecule has 1 N–H and O–H groups in total. The lowest BCUT2D eigenvalue weighted by molar-refractivity contribution is -0.134.